The van der Waals surface area contributed by atoms with Gasteiger partial charge in [0.1, 0.15) is 0 Å². The van der Waals surface area contributed by atoms with E-state index >= 15 is 0 Å². The van der Waals surface area contributed by atoms with Crippen molar-refractivity contribution in [2.45, 2.75) is 6.42 Å². The standard InChI is InChI=1S/C5H13ClOS/c1-8(2,6)5-3-4-7/h7H,3-5H2,1-2H3. The zero-order valence-corrected chi connectivity index (χ0v) is 6.93. The molecule has 3 heteroatoms. The molecule has 0 rings (SSSR count). The summed E-state index contributed by atoms with van der Waals surface area (Å²) in [5, 5.41) is 8.38. The molecule has 0 saturated heterocycles. The van der Waals surface area contributed by atoms with E-state index in [0.717, 1.165) is 12.2 Å². The van der Waals surface area contributed by atoms with E-state index in [-0.39, 0.29) is 6.61 Å². The van der Waals surface area contributed by atoms with E-state index in [2.05, 4.69) is 0 Å². The lowest BCUT2D eigenvalue weighted by Gasteiger charge is -2.20. The Morgan fingerprint density at radius 3 is 2.12 bits per heavy atom. The molecule has 52 valence electrons. The smallest absolute Gasteiger partial charge is 0.0438 e. The van der Waals surface area contributed by atoms with Gasteiger partial charge in [-0.25, -0.2) is 0 Å². The van der Waals surface area contributed by atoms with E-state index in [1.165, 1.54) is 0 Å². The Bertz CT molecular complexity index is 59.9. The first-order chi connectivity index (χ1) is 3.56. The Morgan fingerprint density at radius 1 is 1.50 bits per heavy atom. The molecular formula is C5H13ClOS. The van der Waals surface area contributed by atoms with Crippen LogP contribution in [0.5, 0.6) is 0 Å². The van der Waals surface area contributed by atoms with E-state index in [0.29, 0.717) is 0 Å². The van der Waals surface area contributed by atoms with Crippen LogP contribution >= 0.6 is 19.9 Å². The second-order valence-corrected chi connectivity index (χ2v) is 7.91. The van der Waals surface area contributed by atoms with Crippen molar-refractivity contribution < 1.29 is 5.11 Å². The van der Waals surface area contributed by atoms with Gasteiger partial charge in [-0.15, -0.1) is 0 Å². The van der Waals surface area contributed by atoms with E-state index in [9.17, 15) is 0 Å². The molecule has 0 aromatic rings. The molecule has 0 atom stereocenters. The summed E-state index contributed by atoms with van der Waals surface area (Å²) >= 11 is 0. The summed E-state index contributed by atoms with van der Waals surface area (Å²) < 4.78 is 0. The second-order valence-electron chi connectivity index (χ2n) is 2.18. The Balaban J connectivity index is 3.11. The Hall–Kier alpha value is 0.600. The molecule has 0 spiro atoms. The number of aliphatic hydroxyl groups excluding tert-OH is 1. The molecule has 0 bridgehead atoms. The van der Waals surface area contributed by atoms with Crippen LogP contribution in [0.25, 0.3) is 0 Å². The van der Waals surface area contributed by atoms with Crippen molar-refractivity contribution in [1.82, 2.24) is 0 Å². The Labute approximate surface area is 56.9 Å². The largest absolute Gasteiger partial charge is 0.396 e. The van der Waals surface area contributed by atoms with Gasteiger partial charge in [0.05, 0.1) is 0 Å². The SMILES string of the molecule is CS(C)(Cl)CCCO. The second kappa shape index (κ2) is 3.59. The molecular weight excluding hydrogens is 144 g/mol. The molecule has 0 unspecified atom stereocenters. The van der Waals surface area contributed by atoms with Gasteiger partial charge >= 0.3 is 0 Å². The minimum atomic E-state index is -0.874. The molecule has 0 radical (unpaired) electrons. The summed E-state index contributed by atoms with van der Waals surface area (Å²) in [5.74, 6) is 0.963. The lowest BCUT2D eigenvalue weighted by molar-refractivity contribution is 0.296. The maximum atomic E-state index is 8.38. The highest BCUT2D eigenvalue weighted by molar-refractivity contribution is 8.50. The molecule has 1 N–H and O–H groups in total. The van der Waals surface area contributed by atoms with Crippen molar-refractivity contribution in [3.05, 3.63) is 0 Å². The van der Waals surface area contributed by atoms with Crippen LogP contribution in [0.15, 0.2) is 0 Å². The van der Waals surface area contributed by atoms with Gasteiger partial charge in [0.25, 0.3) is 0 Å². The molecule has 0 aliphatic rings. The fourth-order valence-electron chi connectivity index (χ4n) is 0.408. The van der Waals surface area contributed by atoms with Gasteiger partial charge in [-0.2, -0.15) is 9.24 Å². The first-order valence-electron chi connectivity index (χ1n) is 2.58. The third-order valence-corrected chi connectivity index (χ3v) is 2.51. The van der Waals surface area contributed by atoms with Crippen molar-refractivity contribution in [2.24, 2.45) is 0 Å². The monoisotopic (exact) mass is 156 g/mol. The number of aliphatic hydroxyl groups is 1. The van der Waals surface area contributed by atoms with Gasteiger partial charge in [0.2, 0.25) is 0 Å². The van der Waals surface area contributed by atoms with Crippen molar-refractivity contribution in [1.29, 1.82) is 0 Å². The number of halogens is 1. The minimum absolute atomic E-state index is 0.267. The van der Waals surface area contributed by atoms with E-state index in [1.54, 1.807) is 0 Å². The third kappa shape index (κ3) is 6.60. The Morgan fingerprint density at radius 2 is 2.00 bits per heavy atom. The predicted octanol–water partition coefficient (Wildman–Crippen LogP) is 1.59. The molecule has 0 saturated carbocycles. The van der Waals surface area contributed by atoms with Crippen molar-refractivity contribution in [2.75, 3.05) is 24.9 Å². The summed E-state index contributed by atoms with van der Waals surface area (Å²) in [6.45, 7) is 0.267. The van der Waals surface area contributed by atoms with Crippen LogP contribution in [-0.4, -0.2) is 30.0 Å². The van der Waals surface area contributed by atoms with E-state index in [1.807, 2.05) is 12.5 Å². The molecule has 1 nitrogen and oxygen atoms in total. The van der Waals surface area contributed by atoms with Gasteiger partial charge in [-0.3, -0.25) is 0 Å². The van der Waals surface area contributed by atoms with Gasteiger partial charge in [-0.1, -0.05) is 10.7 Å². The zero-order valence-electron chi connectivity index (χ0n) is 5.35. The van der Waals surface area contributed by atoms with Gasteiger partial charge in [0, 0.05) is 6.61 Å². The van der Waals surface area contributed by atoms with Crippen LogP contribution in [0.3, 0.4) is 0 Å². The normalized spacial score (nSPS) is 14.0. The molecule has 0 heterocycles. The predicted molar refractivity (Wildman–Crippen MR) is 41.9 cm³/mol. The molecule has 0 aromatic carbocycles. The lowest BCUT2D eigenvalue weighted by atomic mass is 10.5. The fraction of sp³-hybridized carbons (Fsp3) is 1.00. The average Bonchev–Trinajstić information content (AvgIpc) is 1.59. The highest BCUT2D eigenvalue weighted by Crippen LogP contribution is 2.45. The number of rotatable bonds is 3. The Kier molecular flexibility index (Phi) is 3.86. The van der Waals surface area contributed by atoms with E-state index in [4.69, 9.17) is 15.8 Å². The van der Waals surface area contributed by atoms with Crippen molar-refractivity contribution in [3.63, 3.8) is 0 Å². The van der Waals surface area contributed by atoms with Crippen molar-refractivity contribution in [3.8, 4) is 0 Å². The first-order valence-corrected chi connectivity index (χ1v) is 6.02. The third-order valence-electron chi connectivity index (χ3n) is 0.788. The first kappa shape index (κ1) is 8.60. The van der Waals surface area contributed by atoms with Gasteiger partial charge in [-0.05, 0) is 24.7 Å². The quantitative estimate of drug-likeness (QED) is 0.658. The van der Waals surface area contributed by atoms with E-state index < -0.39 is 9.24 Å². The van der Waals surface area contributed by atoms with Crippen LogP contribution in [-0.2, 0) is 0 Å². The van der Waals surface area contributed by atoms with Gasteiger partial charge in [0.15, 0.2) is 0 Å². The summed E-state index contributed by atoms with van der Waals surface area (Å²) in [6.07, 6.45) is 4.90. The van der Waals surface area contributed by atoms with Gasteiger partial charge < -0.3 is 5.11 Å². The minimum Gasteiger partial charge on any atom is -0.396 e. The zero-order chi connectivity index (χ0) is 6.62. The molecule has 0 aliphatic heterocycles. The number of hydrogen-bond acceptors (Lipinski definition) is 1. The molecule has 0 aromatic heterocycles. The van der Waals surface area contributed by atoms with Crippen LogP contribution in [0.4, 0.5) is 0 Å². The lowest BCUT2D eigenvalue weighted by Crippen LogP contribution is -1.95. The molecule has 8 heavy (non-hydrogen) atoms. The highest BCUT2D eigenvalue weighted by Gasteiger charge is 2.03. The molecule has 0 fully saturated rings. The number of hydrogen-bond donors (Lipinski definition) is 1. The summed E-state index contributed by atoms with van der Waals surface area (Å²) in [5.41, 5.74) is 0. The van der Waals surface area contributed by atoms with Crippen LogP contribution in [0.2, 0.25) is 0 Å². The van der Waals surface area contributed by atoms with Crippen LogP contribution in [0, 0.1) is 0 Å². The van der Waals surface area contributed by atoms with Crippen LogP contribution < -0.4 is 0 Å². The summed E-state index contributed by atoms with van der Waals surface area (Å²) in [7, 11) is 5.01. The average molecular weight is 157 g/mol. The topological polar surface area (TPSA) is 20.2 Å². The fourth-order valence-corrected chi connectivity index (χ4v) is 1.55. The maximum Gasteiger partial charge on any atom is 0.0438 e. The summed E-state index contributed by atoms with van der Waals surface area (Å²) in [6, 6.07) is 0. The van der Waals surface area contributed by atoms with Crippen LogP contribution in [0.1, 0.15) is 6.42 Å². The molecule has 0 aliphatic carbocycles. The molecule has 0 amide bonds. The highest BCUT2D eigenvalue weighted by atomic mass is 35.7. The van der Waals surface area contributed by atoms with Crippen molar-refractivity contribution >= 4 is 19.9 Å². The summed E-state index contributed by atoms with van der Waals surface area (Å²) in [4.78, 5) is 0. The maximum absolute atomic E-state index is 8.38.